The summed E-state index contributed by atoms with van der Waals surface area (Å²) in [4.78, 5) is 0. The second-order valence-corrected chi connectivity index (χ2v) is 12.9. The van der Waals surface area contributed by atoms with Crippen molar-refractivity contribution < 1.29 is 9.05 Å². The summed E-state index contributed by atoms with van der Waals surface area (Å²) in [5.74, 6) is 0.973. The molecule has 0 N–H and O–H groups in total. The quantitative estimate of drug-likeness (QED) is 0.525. The molecule has 0 aliphatic carbocycles. The van der Waals surface area contributed by atoms with Crippen molar-refractivity contribution >= 4 is 28.9 Å². The predicted octanol–water partition coefficient (Wildman–Crippen LogP) is 5.48. The van der Waals surface area contributed by atoms with Crippen LogP contribution in [0.2, 0.25) is 0 Å². The average Bonchev–Trinajstić information content (AvgIpc) is 2.23. The smallest absolute Gasteiger partial charge is 0.247 e. The van der Waals surface area contributed by atoms with Crippen LogP contribution in [0.3, 0.4) is 0 Å². The van der Waals surface area contributed by atoms with Crippen molar-refractivity contribution in [2.24, 2.45) is 11.8 Å². The third-order valence-electron chi connectivity index (χ3n) is 2.34. The van der Waals surface area contributed by atoms with E-state index in [9.17, 15) is 0 Å². The third-order valence-corrected chi connectivity index (χ3v) is 8.37. The lowest BCUT2D eigenvalue weighted by molar-refractivity contribution is 0.218. The molecule has 0 aliphatic heterocycles. The first-order valence-corrected chi connectivity index (χ1v) is 10.8. The van der Waals surface area contributed by atoms with Gasteiger partial charge >= 0.3 is 0 Å². The summed E-state index contributed by atoms with van der Waals surface area (Å²) in [7, 11) is 0. The first-order chi connectivity index (χ1) is 8.10. The Bertz CT molecular complexity index is 262. The van der Waals surface area contributed by atoms with Crippen molar-refractivity contribution in [1.29, 1.82) is 0 Å². The number of hydrogen-bond donors (Lipinski definition) is 0. The summed E-state index contributed by atoms with van der Waals surface area (Å²) in [6.07, 6.45) is 1.06. The van der Waals surface area contributed by atoms with Gasteiger partial charge in [0, 0.05) is 4.75 Å². The molecule has 0 aromatic carbocycles. The van der Waals surface area contributed by atoms with E-state index in [4.69, 9.17) is 20.9 Å². The molecule has 0 radical (unpaired) electrons. The standard InChI is InChI=1S/C13H29O2PS2/c1-8-13(6,7)18-16(17,14-9-11(2)3)15-10-12(4)5/h11-12H,8-10H2,1-7H3. The molecule has 0 fully saturated rings. The summed E-state index contributed by atoms with van der Waals surface area (Å²) < 4.78 is 12.0. The summed E-state index contributed by atoms with van der Waals surface area (Å²) in [6, 6.07) is 0. The Hall–Kier alpha value is 0.920. The Kier molecular flexibility index (Phi) is 8.68. The lowest BCUT2D eigenvalue weighted by atomic mass is 10.1. The molecule has 0 spiro atoms. The van der Waals surface area contributed by atoms with Gasteiger partial charge in [0.25, 0.3) is 0 Å². The molecular formula is C13H29O2PS2. The zero-order valence-electron chi connectivity index (χ0n) is 12.9. The van der Waals surface area contributed by atoms with E-state index in [1.807, 2.05) is 0 Å². The van der Waals surface area contributed by atoms with Gasteiger partial charge in [-0.25, -0.2) is 0 Å². The van der Waals surface area contributed by atoms with Gasteiger partial charge in [-0.15, -0.1) is 0 Å². The molecule has 0 rings (SSSR count). The maximum atomic E-state index is 5.95. The number of hydrogen-bond acceptors (Lipinski definition) is 4. The highest BCUT2D eigenvalue weighted by atomic mass is 32.9. The fraction of sp³-hybridized carbons (Fsp3) is 1.00. The normalized spacial score (nSPS) is 13.6. The molecule has 0 saturated heterocycles. The van der Waals surface area contributed by atoms with Gasteiger partial charge < -0.3 is 9.05 Å². The molecule has 110 valence electrons. The Morgan fingerprint density at radius 3 is 1.72 bits per heavy atom. The fourth-order valence-electron chi connectivity index (χ4n) is 0.938. The minimum absolute atomic E-state index is 0.115. The molecule has 0 heterocycles. The van der Waals surface area contributed by atoms with E-state index in [1.54, 1.807) is 11.4 Å². The SMILES string of the molecule is CCC(C)(C)SP(=S)(OCC(C)C)OCC(C)C. The van der Waals surface area contributed by atoms with Gasteiger partial charge in [0.1, 0.15) is 0 Å². The zero-order chi connectivity index (χ0) is 14.4. The van der Waals surface area contributed by atoms with Gasteiger partial charge in [-0.3, -0.25) is 0 Å². The Morgan fingerprint density at radius 2 is 1.44 bits per heavy atom. The first kappa shape index (κ1) is 18.9. The molecule has 0 unspecified atom stereocenters. The minimum atomic E-state index is -2.22. The molecule has 18 heavy (non-hydrogen) atoms. The maximum Gasteiger partial charge on any atom is 0.247 e. The van der Waals surface area contributed by atoms with E-state index in [0.717, 1.165) is 6.42 Å². The van der Waals surface area contributed by atoms with E-state index in [-0.39, 0.29) is 4.75 Å². The second kappa shape index (κ2) is 8.26. The van der Waals surface area contributed by atoms with Crippen molar-refractivity contribution in [1.82, 2.24) is 0 Å². The molecular weight excluding hydrogens is 283 g/mol. The molecule has 0 bridgehead atoms. The van der Waals surface area contributed by atoms with Crippen LogP contribution in [0.4, 0.5) is 0 Å². The van der Waals surface area contributed by atoms with Gasteiger partial charge in [-0.2, -0.15) is 0 Å². The molecule has 0 saturated carbocycles. The molecule has 0 aromatic heterocycles. The fourth-order valence-corrected chi connectivity index (χ4v) is 7.88. The highest BCUT2D eigenvalue weighted by molar-refractivity contribution is 8.68. The van der Waals surface area contributed by atoms with Crippen LogP contribution in [0.1, 0.15) is 54.9 Å². The van der Waals surface area contributed by atoms with E-state index >= 15 is 0 Å². The second-order valence-electron chi connectivity index (χ2n) is 6.03. The summed E-state index contributed by atoms with van der Waals surface area (Å²) >= 11 is 7.40. The molecule has 0 aliphatic rings. The molecule has 0 amide bonds. The highest BCUT2D eigenvalue weighted by Gasteiger charge is 2.30. The minimum Gasteiger partial charge on any atom is -0.321 e. The maximum absolute atomic E-state index is 5.95. The summed E-state index contributed by atoms with van der Waals surface area (Å²) in [5.41, 5.74) is -2.22. The molecule has 5 heteroatoms. The summed E-state index contributed by atoms with van der Waals surface area (Å²) in [6.45, 7) is 16.5. The van der Waals surface area contributed by atoms with E-state index in [1.165, 1.54) is 0 Å². The Balaban J connectivity index is 4.63. The lowest BCUT2D eigenvalue weighted by Gasteiger charge is -2.31. The van der Waals surface area contributed by atoms with Crippen LogP contribution in [0.5, 0.6) is 0 Å². The van der Waals surface area contributed by atoms with Crippen molar-refractivity contribution in [2.75, 3.05) is 13.2 Å². The van der Waals surface area contributed by atoms with Gasteiger partial charge in [-0.05, 0) is 30.1 Å². The van der Waals surface area contributed by atoms with Gasteiger partial charge in [0.15, 0.2) is 0 Å². The molecule has 0 aromatic rings. The largest absolute Gasteiger partial charge is 0.321 e. The van der Waals surface area contributed by atoms with Crippen LogP contribution in [0.15, 0.2) is 0 Å². The van der Waals surface area contributed by atoms with Crippen LogP contribution in [0, 0.1) is 11.8 Å². The van der Waals surface area contributed by atoms with E-state index in [2.05, 4.69) is 48.5 Å². The zero-order valence-corrected chi connectivity index (χ0v) is 15.4. The summed E-state index contributed by atoms with van der Waals surface area (Å²) in [5, 5.41) is 0. The van der Waals surface area contributed by atoms with Gasteiger partial charge in [0.05, 0.1) is 13.2 Å². The van der Waals surface area contributed by atoms with E-state index in [0.29, 0.717) is 25.0 Å². The molecule has 2 nitrogen and oxygen atoms in total. The predicted molar refractivity (Wildman–Crippen MR) is 87.8 cm³/mol. The van der Waals surface area contributed by atoms with Crippen LogP contribution in [-0.2, 0) is 20.9 Å². The van der Waals surface area contributed by atoms with Crippen molar-refractivity contribution in [3.8, 4) is 0 Å². The van der Waals surface area contributed by atoms with Crippen molar-refractivity contribution in [3.05, 3.63) is 0 Å². The van der Waals surface area contributed by atoms with Crippen LogP contribution < -0.4 is 0 Å². The van der Waals surface area contributed by atoms with E-state index < -0.39 is 5.69 Å². The van der Waals surface area contributed by atoms with Crippen LogP contribution in [-0.4, -0.2) is 18.0 Å². The Labute approximate surface area is 123 Å². The first-order valence-electron chi connectivity index (χ1n) is 6.70. The number of rotatable bonds is 9. The lowest BCUT2D eigenvalue weighted by Crippen LogP contribution is -2.14. The topological polar surface area (TPSA) is 18.5 Å². The average molecular weight is 312 g/mol. The highest BCUT2D eigenvalue weighted by Crippen LogP contribution is 2.66. The monoisotopic (exact) mass is 312 g/mol. The Morgan fingerprint density at radius 1 is 1.06 bits per heavy atom. The van der Waals surface area contributed by atoms with Crippen molar-refractivity contribution in [2.45, 2.75) is 59.6 Å². The van der Waals surface area contributed by atoms with Crippen LogP contribution in [0.25, 0.3) is 0 Å². The third kappa shape index (κ3) is 8.92. The van der Waals surface area contributed by atoms with Crippen LogP contribution >= 0.6 is 17.1 Å². The molecule has 0 atom stereocenters. The van der Waals surface area contributed by atoms with Crippen molar-refractivity contribution in [3.63, 3.8) is 0 Å². The van der Waals surface area contributed by atoms with Gasteiger partial charge in [0.2, 0.25) is 5.69 Å². The van der Waals surface area contributed by atoms with Gasteiger partial charge in [-0.1, -0.05) is 59.8 Å².